The molecule has 1 heterocycles. The van der Waals surface area contributed by atoms with E-state index in [0.29, 0.717) is 31.3 Å². The van der Waals surface area contributed by atoms with Crippen LogP contribution in [0.15, 0.2) is 29.3 Å². The molecule has 2 aliphatic rings. The number of rotatable bonds is 8. The van der Waals surface area contributed by atoms with Crippen LogP contribution in [-0.4, -0.2) is 68.6 Å². The lowest BCUT2D eigenvalue weighted by molar-refractivity contribution is -0.123. The molecule has 8 nitrogen and oxygen atoms in total. The molecule has 1 saturated carbocycles. The smallest absolute Gasteiger partial charge is 0.254 e. The van der Waals surface area contributed by atoms with Gasteiger partial charge in [0.15, 0.2) is 5.96 Å². The van der Waals surface area contributed by atoms with E-state index in [1.165, 1.54) is 32.1 Å². The summed E-state index contributed by atoms with van der Waals surface area (Å²) >= 11 is 0. The molecule has 1 aromatic rings. The Balaban J connectivity index is 0.00000363. The van der Waals surface area contributed by atoms with Crippen molar-refractivity contribution in [2.24, 2.45) is 4.99 Å². The first kappa shape index (κ1) is 26.4. The molecule has 178 valence electrons. The first-order valence-corrected chi connectivity index (χ1v) is 11.4. The quantitative estimate of drug-likeness (QED) is 0.197. The fraction of sp³-hybridized carbons (Fsp3) is 0.609. The summed E-state index contributed by atoms with van der Waals surface area (Å²) in [6, 6.07) is 7.47. The molecule has 0 spiro atoms. The lowest BCUT2D eigenvalue weighted by Crippen LogP contribution is -2.49. The Kier molecular flexibility index (Phi) is 11.8. The zero-order valence-electron chi connectivity index (χ0n) is 18.9. The van der Waals surface area contributed by atoms with E-state index in [-0.39, 0.29) is 42.3 Å². The third-order valence-electron chi connectivity index (χ3n) is 5.73. The number of aliphatic imine (C=N–C) groups is 1. The summed E-state index contributed by atoms with van der Waals surface area (Å²) in [6.45, 7) is 3.37. The summed E-state index contributed by atoms with van der Waals surface area (Å²) in [5.41, 5.74) is 1.65. The molecule has 9 heteroatoms. The molecule has 32 heavy (non-hydrogen) atoms. The van der Waals surface area contributed by atoms with Gasteiger partial charge in [-0.25, -0.2) is 0 Å². The minimum Gasteiger partial charge on any atom is -0.378 e. The number of halogens is 1. The van der Waals surface area contributed by atoms with Crippen LogP contribution >= 0.6 is 24.0 Å². The number of ether oxygens (including phenoxy) is 1. The van der Waals surface area contributed by atoms with Gasteiger partial charge in [0.1, 0.15) is 0 Å². The molecule has 0 bridgehead atoms. The molecular weight excluding hydrogens is 521 g/mol. The number of piperazine rings is 1. The van der Waals surface area contributed by atoms with Crippen LogP contribution < -0.4 is 16.0 Å². The van der Waals surface area contributed by atoms with Crippen LogP contribution in [-0.2, 0) is 16.1 Å². The summed E-state index contributed by atoms with van der Waals surface area (Å²) in [5.74, 6) is 0.527. The number of hydrogen-bond donors (Lipinski definition) is 3. The van der Waals surface area contributed by atoms with Crippen molar-refractivity contribution in [1.82, 2.24) is 20.9 Å². The van der Waals surface area contributed by atoms with Gasteiger partial charge in [0.2, 0.25) is 5.91 Å². The minimum atomic E-state index is -0.111. The number of hydrogen-bond acceptors (Lipinski definition) is 4. The molecule has 0 aromatic heterocycles. The molecule has 1 aliphatic carbocycles. The van der Waals surface area contributed by atoms with Crippen LogP contribution in [0.3, 0.4) is 0 Å². The normalized spacial score (nSPS) is 17.3. The summed E-state index contributed by atoms with van der Waals surface area (Å²) in [4.78, 5) is 29.9. The van der Waals surface area contributed by atoms with Crippen LogP contribution in [0, 0.1) is 0 Å². The van der Waals surface area contributed by atoms with Crippen LogP contribution in [0.5, 0.6) is 0 Å². The van der Waals surface area contributed by atoms with Crippen LogP contribution in [0.1, 0.15) is 54.4 Å². The third-order valence-corrected chi connectivity index (χ3v) is 5.73. The van der Waals surface area contributed by atoms with Crippen molar-refractivity contribution in [3.05, 3.63) is 35.4 Å². The zero-order chi connectivity index (χ0) is 21.9. The molecule has 3 rings (SSSR count). The third kappa shape index (κ3) is 8.57. The number of carbonyl (C=O) groups is 2. The number of nitrogens with one attached hydrogen (secondary N) is 3. The second-order valence-corrected chi connectivity index (χ2v) is 8.11. The Hall–Kier alpha value is -1.88. The maximum Gasteiger partial charge on any atom is 0.254 e. The highest BCUT2D eigenvalue weighted by Gasteiger charge is 2.22. The van der Waals surface area contributed by atoms with Crippen molar-refractivity contribution in [2.45, 2.75) is 51.2 Å². The Labute approximate surface area is 208 Å². The molecule has 2 amide bonds. The molecule has 1 saturated heterocycles. The molecule has 2 fully saturated rings. The van der Waals surface area contributed by atoms with Gasteiger partial charge in [-0.15, -0.1) is 24.0 Å². The van der Waals surface area contributed by atoms with Gasteiger partial charge in [0, 0.05) is 45.4 Å². The highest BCUT2D eigenvalue weighted by atomic mass is 127. The standard InChI is InChI=1S/C23H35N5O3.HI/c1-24-23(26-12-5-15-31-20-6-3-2-4-7-20)27-16-18-8-10-19(11-9-18)22(30)28-14-13-25-21(29)17-28;/h8-11,20H,2-7,12-17H2,1H3,(H,25,29)(H2,24,26,27);1H. The van der Waals surface area contributed by atoms with Crippen molar-refractivity contribution < 1.29 is 14.3 Å². The predicted octanol–water partition coefficient (Wildman–Crippen LogP) is 2.28. The van der Waals surface area contributed by atoms with Crippen molar-refractivity contribution in [3.63, 3.8) is 0 Å². The lowest BCUT2D eigenvalue weighted by atomic mass is 9.98. The molecule has 0 radical (unpaired) electrons. The monoisotopic (exact) mass is 557 g/mol. The fourth-order valence-corrected chi connectivity index (χ4v) is 3.93. The van der Waals surface area contributed by atoms with Gasteiger partial charge in [-0.3, -0.25) is 14.6 Å². The summed E-state index contributed by atoms with van der Waals surface area (Å²) < 4.78 is 5.95. The van der Waals surface area contributed by atoms with Gasteiger partial charge >= 0.3 is 0 Å². The van der Waals surface area contributed by atoms with E-state index in [4.69, 9.17) is 4.74 Å². The summed E-state index contributed by atoms with van der Waals surface area (Å²) in [7, 11) is 1.75. The molecule has 0 unspecified atom stereocenters. The van der Waals surface area contributed by atoms with Gasteiger partial charge in [0.05, 0.1) is 12.6 Å². The Morgan fingerprint density at radius 3 is 2.62 bits per heavy atom. The second-order valence-electron chi connectivity index (χ2n) is 8.11. The van der Waals surface area contributed by atoms with Crippen molar-refractivity contribution in [3.8, 4) is 0 Å². The highest BCUT2D eigenvalue weighted by Crippen LogP contribution is 2.20. The molecular formula is C23H36IN5O3. The van der Waals surface area contributed by atoms with Gasteiger partial charge < -0.3 is 25.6 Å². The van der Waals surface area contributed by atoms with Crippen LogP contribution in [0.25, 0.3) is 0 Å². The fourth-order valence-electron chi connectivity index (χ4n) is 3.93. The van der Waals surface area contributed by atoms with E-state index in [9.17, 15) is 9.59 Å². The summed E-state index contributed by atoms with van der Waals surface area (Å²) in [5, 5.41) is 9.34. The molecule has 1 aromatic carbocycles. The predicted molar refractivity (Wildman–Crippen MR) is 136 cm³/mol. The van der Waals surface area contributed by atoms with Gasteiger partial charge in [-0.1, -0.05) is 31.4 Å². The van der Waals surface area contributed by atoms with E-state index in [1.54, 1.807) is 11.9 Å². The topological polar surface area (TPSA) is 95.1 Å². The van der Waals surface area contributed by atoms with Gasteiger partial charge in [0.25, 0.3) is 5.91 Å². The van der Waals surface area contributed by atoms with Crippen LogP contribution in [0.4, 0.5) is 0 Å². The number of nitrogens with zero attached hydrogens (tertiary/aromatic N) is 2. The SMILES string of the molecule is CN=C(NCCCOC1CCCCC1)NCc1ccc(C(=O)N2CCNC(=O)C2)cc1.I. The minimum absolute atomic E-state index is 0. The second kappa shape index (κ2) is 14.3. The first-order valence-electron chi connectivity index (χ1n) is 11.4. The average Bonchev–Trinajstić information content (AvgIpc) is 2.81. The lowest BCUT2D eigenvalue weighted by Gasteiger charge is -2.26. The number of benzene rings is 1. The van der Waals surface area contributed by atoms with E-state index in [2.05, 4.69) is 20.9 Å². The number of carbonyl (C=O) groups excluding carboxylic acids is 2. The van der Waals surface area contributed by atoms with E-state index >= 15 is 0 Å². The Morgan fingerprint density at radius 2 is 1.94 bits per heavy atom. The molecule has 3 N–H and O–H groups in total. The Bertz CT molecular complexity index is 751. The summed E-state index contributed by atoms with van der Waals surface area (Å²) in [6.07, 6.45) is 7.74. The van der Waals surface area contributed by atoms with Gasteiger partial charge in [-0.05, 0) is 37.0 Å². The van der Waals surface area contributed by atoms with Crippen LogP contribution in [0.2, 0.25) is 0 Å². The van der Waals surface area contributed by atoms with E-state index < -0.39 is 0 Å². The Morgan fingerprint density at radius 1 is 1.19 bits per heavy atom. The van der Waals surface area contributed by atoms with E-state index in [0.717, 1.165) is 31.1 Å². The van der Waals surface area contributed by atoms with E-state index in [1.807, 2.05) is 24.3 Å². The molecule has 0 atom stereocenters. The average molecular weight is 557 g/mol. The maximum absolute atomic E-state index is 12.5. The number of amides is 2. The largest absolute Gasteiger partial charge is 0.378 e. The van der Waals surface area contributed by atoms with Crippen molar-refractivity contribution >= 4 is 41.8 Å². The zero-order valence-corrected chi connectivity index (χ0v) is 21.2. The van der Waals surface area contributed by atoms with Crippen molar-refractivity contribution in [2.75, 3.05) is 39.8 Å². The first-order chi connectivity index (χ1) is 15.2. The molecule has 1 aliphatic heterocycles. The number of guanidine groups is 1. The highest BCUT2D eigenvalue weighted by molar-refractivity contribution is 14.0. The van der Waals surface area contributed by atoms with Gasteiger partial charge in [-0.2, -0.15) is 0 Å². The van der Waals surface area contributed by atoms with Crippen molar-refractivity contribution in [1.29, 1.82) is 0 Å². The maximum atomic E-state index is 12.5.